The Morgan fingerprint density at radius 1 is 0.676 bits per heavy atom. The van der Waals surface area contributed by atoms with E-state index in [0.29, 0.717) is 12.0 Å². The minimum absolute atomic E-state index is 0.586. The van der Waals surface area contributed by atoms with Crippen molar-refractivity contribution >= 4 is 0 Å². The molecule has 34 heavy (non-hydrogen) atoms. The Morgan fingerprint density at radius 3 is 1.68 bits per heavy atom. The van der Waals surface area contributed by atoms with Gasteiger partial charge in [0.2, 0.25) is 6.33 Å². The number of nitrogens with one attached hydrogen (secondary N) is 1. The van der Waals surface area contributed by atoms with E-state index in [0.717, 1.165) is 0 Å². The van der Waals surface area contributed by atoms with Gasteiger partial charge in [0.05, 0.1) is 0 Å². The highest BCUT2D eigenvalue weighted by Gasteiger charge is 2.25. The monoisotopic (exact) mass is 467 g/mol. The van der Waals surface area contributed by atoms with Crippen molar-refractivity contribution in [2.75, 3.05) is 0 Å². The number of hydrogen-bond acceptors (Lipinski definition) is 0. The Bertz CT molecular complexity index is 664. The lowest BCUT2D eigenvalue weighted by Gasteiger charge is -2.24. The zero-order valence-electron chi connectivity index (χ0n) is 22.7. The van der Waals surface area contributed by atoms with Crippen LogP contribution in [-0.2, 0) is 6.42 Å². The SMILES string of the molecule is CCCCCCCCCCCCCCCCCCC(Cc1ccccc1)C(CC)[n+]1cc[nH]c1. The Morgan fingerprint density at radius 2 is 1.21 bits per heavy atom. The van der Waals surface area contributed by atoms with Crippen LogP contribution in [0.3, 0.4) is 0 Å². The summed E-state index contributed by atoms with van der Waals surface area (Å²) in [6.45, 7) is 4.64. The molecule has 0 bridgehead atoms. The van der Waals surface area contributed by atoms with Crippen molar-refractivity contribution in [1.82, 2.24) is 4.98 Å². The van der Waals surface area contributed by atoms with Gasteiger partial charge in [-0.15, -0.1) is 0 Å². The van der Waals surface area contributed by atoms with E-state index in [4.69, 9.17) is 0 Å². The minimum atomic E-state index is 0.586. The van der Waals surface area contributed by atoms with Crippen LogP contribution in [-0.4, -0.2) is 4.98 Å². The molecule has 0 fully saturated rings. The zero-order chi connectivity index (χ0) is 24.1. The first-order chi connectivity index (χ1) is 16.8. The summed E-state index contributed by atoms with van der Waals surface area (Å²) in [4.78, 5) is 3.25. The third-order valence-corrected chi connectivity index (χ3v) is 7.68. The first kappa shape index (κ1) is 28.7. The lowest BCUT2D eigenvalue weighted by Crippen LogP contribution is -2.42. The molecule has 0 radical (unpaired) electrons. The van der Waals surface area contributed by atoms with Crippen LogP contribution in [0.5, 0.6) is 0 Å². The van der Waals surface area contributed by atoms with E-state index in [1.807, 2.05) is 0 Å². The van der Waals surface area contributed by atoms with Crippen molar-refractivity contribution < 1.29 is 4.57 Å². The Kier molecular flexibility index (Phi) is 16.6. The van der Waals surface area contributed by atoms with E-state index in [2.05, 4.69) is 72.5 Å². The molecular weight excluding hydrogens is 412 g/mol. The van der Waals surface area contributed by atoms with E-state index in [-0.39, 0.29) is 0 Å². The Labute approximate surface area is 212 Å². The van der Waals surface area contributed by atoms with E-state index < -0.39 is 0 Å². The average molecular weight is 468 g/mol. The molecular formula is C32H55N2+. The van der Waals surface area contributed by atoms with E-state index in [1.165, 1.54) is 128 Å². The molecule has 1 aromatic carbocycles. The largest absolute Gasteiger partial charge is 0.250 e. The van der Waals surface area contributed by atoms with Crippen LogP contribution in [0.2, 0.25) is 0 Å². The molecule has 0 aliphatic carbocycles. The molecule has 2 atom stereocenters. The fraction of sp³-hybridized carbons (Fsp3) is 0.719. The van der Waals surface area contributed by atoms with Crippen molar-refractivity contribution in [3.63, 3.8) is 0 Å². The third-order valence-electron chi connectivity index (χ3n) is 7.68. The van der Waals surface area contributed by atoms with Gasteiger partial charge in [-0.05, 0) is 24.8 Å². The van der Waals surface area contributed by atoms with E-state index >= 15 is 0 Å². The summed E-state index contributed by atoms with van der Waals surface area (Å²) < 4.78 is 2.40. The predicted octanol–water partition coefficient (Wildman–Crippen LogP) is 9.76. The van der Waals surface area contributed by atoms with Crippen LogP contribution in [0.15, 0.2) is 49.1 Å². The summed E-state index contributed by atoms with van der Waals surface area (Å²) in [5.41, 5.74) is 1.48. The van der Waals surface area contributed by atoms with Crippen LogP contribution in [0.25, 0.3) is 0 Å². The van der Waals surface area contributed by atoms with Gasteiger partial charge in [-0.3, -0.25) is 4.98 Å². The van der Waals surface area contributed by atoms with Gasteiger partial charge in [0.25, 0.3) is 0 Å². The van der Waals surface area contributed by atoms with Crippen molar-refractivity contribution in [2.45, 2.75) is 142 Å². The maximum atomic E-state index is 3.25. The number of aromatic nitrogens is 2. The van der Waals surface area contributed by atoms with Crippen LogP contribution >= 0.6 is 0 Å². The van der Waals surface area contributed by atoms with Crippen LogP contribution in [0.1, 0.15) is 141 Å². The summed E-state index contributed by atoms with van der Waals surface area (Å²) in [5, 5.41) is 0. The van der Waals surface area contributed by atoms with Gasteiger partial charge in [-0.1, -0.05) is 147 Å². The van der Waals surface area contributed by atoms with Gasteiger partial charge < -0.3 is 0 Å². The first-order valence-electron chi connectivity index (χ1n) is 14.9. The molecule has 0 saturated heterocycles. The van der Waals surface area contributed by atoms with Crippen LogP contribution in [0, 0.1) is 5.92 Å². The number of aromatic amines is 1. The van der Waals surface area contributed by atoms with Crippen molar-refractivity contribution in [2.24, 2.45) is 5.92 Å². The number of rotatable bonds is 22. The molecule has 2 nitrogen and oxygen atoms in total. The fourth-order valence-corrected chi connectivity index (χ4v) is 5.60. The second kappa shape index (κ2) is 19.7. The molecule has 1 heterocycles. The number of nitrogens with zero attached hydrogens (tertiary/aromatic N) is 1. The molecule has 0 aliphatic heterocycles. The minimum Gasteiger partial charge on any atom is -0.250 e. The molecule has 2 heteroatoms. The number of benzene rings is 1. The lowest BCUT2D eigenvalue weighted by atomic mass is 9.86. The summed E-state index contributed by atoms with van der Waals surface area (Å²) in [7, 11) is 0. The van der Waals surface area contributed by atoms with Crippen molar-refractivity contribution in [3.05, 3.63) is 54.6 Å². The molecule has 1 aromatic heterocycles. The molecule has 2 aromatic rings. The normalized spacial score (nSPS) is 13.2. The second-order valence-electron chi connectivity index (χ2n) is 10.6. The smallest absolute Gasteiger partial charge is 0.241 e. The number of imidazole rings is 1. The van der Waals surface area contributed by atoms with Gasteiger partial charge in [-0.25, -0.2) is 4.57 Å². The molecule has 2 rings (SSSR count). The predicted molar refractivity (Wildman–Crippen MR) is 148 cm³/mol. The average Bonchev–Trinajstić information content (AvgIpc) is 3.39. The Hall–Kier alpha value is -1.57. The lowest BCUT2D eigenvalue weighted by molar-refractivity contribution is -0.729. The van der Waals surface area contributed by atoms with Gasteiger partial charge in [0.1, 0.15) is 18.4 Å². The maximum Gasteiger partial charge on any atom is 0.241 e. The molecule has 0 amide bonds. The van der Waals surface area contributed by atoms with E-state index in [1.54, 1.807) is 0 Å². The highest BCUT2D eigenvalue weighted by molar-refractivity contribution is 5.15. The molecule has 0 spiro atoms. The molecule has 192 valence electrons. The third kappa shape index (κ3) is 12.8. The molecule has 0 saturated carbocycles. The molecule has 1 N–H and O–H groups in total. The molecule has 2 unspecified atom stereocenters. The molecule has 0 aliphatic rings. The van der Waals surface area contributed by atoms with Gasteiger partial charge in [-0.2, -0.15) is 0 Å². The second-order valence-corrected chi connectivity index (χ2v) is 10.6. The number of unbranched alkanes of at least 4 members (excludes halogenated alkanes) is 15. The Balaban J connectivity index is 1.53. The fourth-order valence-electron chi connectivity index (χ4n) is 5.60. The van der Waals surface area contributed by atoms with E-state index in [9.17, 15) is 0 Å². The quantitative estimate of drug-likeness (QED) is 0.131. The summed E-state index contributed by atoms with van der Waals surface area (Å²) in [6, 6.07) is 11.7. The topological polar surface area (TPSA) is 19.7 Å². The zero-order valence-corrected chi connectivity index (χ0v) is 22.7. The van der Waals surface area contributed by atoms with Gasteiger partial charge >= 0.3 is 0 Å². The summed E-state index contributed by atoms with van der Waals surface area (Å²) in [5.74, 6) is 0.708. The number of H-pyrrole nitrogens is 1. The standard InChI is InChI=1S/C32H54N2/c1-3-5-6-7-8-9-10-11-12-13-14-15-16-17-18-22-25-31(28-30-23-20-19-21-24-30)32(4-2)34-27-26-33-29-34/h19-21,23-24,26-27,29,31-32H,3-18,22,25,28H2,1-2H3/p+1. The summed E-state index contributed by atoms with van der Waals surface area (Å²) in [6.07, 6.45) is 33.2. The highest BCUT2D eigenvalue weighted by Crippen LogP contribution is 2.27. The maximum absolute atomic E-state index is 3.25. The van der Waals surface area contributed by atoms with Crippen LogP contribution in [0.4, 0.5) is 0 Å². The van der Waals surface area contributed by atoms with Gasteiger partial charge in [0, 0.05) is 5.92 Å². The van der Waals surface area contributed by atoms with Crippen molar-refractivity contribution in [1.29, 1.82) is 0 Å². The number of hydrogen-bond donors (Lipinski definition) is 1. The van der Waals surface area contributed by atoms with Crippen molar-refractivity contribution in [3.8, 4) is 0 Å². The highest BCUT2D eigenvalue weighted by atomic mass is 15.1. The summed E-state index contributed by atoms with van der Waals surface area (Å²) >= 11 is 0. The first-order valence-corrected chi connectivity index (χ1v) is 14.9. The van der Waals surface area contributed by atoms with Gasteiger partial charge in [0.15, 0.2) is 0 Å². The van der Waals surface area contributed by atoms with Crippen LogP contribution < -0.4 is 4.57 Å².